The van der Waals surface area contributed by atoms with Crippen molar-refractivity contribution >= 4 is 17.4 Å². The van der Waals surface area contributed by atoms with Gasteiger partial charge in [-0.1, -0.05) is 0 Å². The number of carbonyl (C=O) groups is 1. The standard InChI is InChI=1S/C11H16N4O/c1-7(12)11(16)15-10-5-4-9(6-13-10)14-8-2-3-8/h4-8,14H,2-3,12H2,1H3,(H,13,15,16). The topological polar surface area (TPSA) is 80.0 Å². The molecule has 0 aromatic carbocycles. The summed E-state index contributed by atoms with van der Waals surface area (Å²) < 4.78 is 0. The molecule has 0 spiro atoms. The molecule has 1 aliphatic carbocycles. The van der Waals surface area contributed by atoms with E-state index in [-0.39, 0.29) is 5.91 Å². The zero-order valence-electron chi connectivity index (χ0n) is 9.23. The number of carbonyl (C=O) groups excluding carboxylic acids is 1. The van der Waals surface area contributed by atoms with Crippen molar-refractivity contribution in [2.45, 2.75) is 31.8 Å². The number of anilines is 2. The van der Waals surface area contributed by atoms with E-state index in [2.05, 4.69) is 15.6 Å². The van der Waals surface area contributed by atoms with Gasteiger partial charge in [0.1, 0.15) is 5.82 Å². The van der Waals surface area contributed by atoms with Crippen LogP contribution < -0.4 is 16.4 Å². The molecule has 1 aliphatic rings. The molecule has 5 nitrogen and oxygen atoms in total. The number of rotatable bonds is 4. The van der Waals surface area contributed by atoms with Gasteiger partial charge in [-0.05, 0) is 31.9 Å². The van der Waals surface area contributed by atoms with E-state index < -0.39 is 6.04 Å². The Morgan fingerprint density at radius 2 is 2.31 bits per heavy atom. The molecule has 5 heteroatoms. The molecule has 0 radical (unpaired) electrons. The normalized spacial score (nSPS) is 16.6. The minimum absolute atomic E-state index is 0.226. The second-order valence-electron chi connectivity index (χ2n) is 4.13. The van der Waals surface area contributed by atoms with Crippen LogP contribution in [0.5, 0.6) is 0 Å². The van der Waals surface area contributed by atoms with Gasteiger partial charge in [-0.2, -0.15) is 0 Å². The van der Waals surface area contributed by atoms with Crippen molar-refractivity contribution in [3.05, 3.63) is 18.3 Å². The van der Waals surface area contributed by atoms with Crippen molar-refractivity contribution < 1.29 is 4.79 Å². The molecule has 86 valence electrons. The Balaban J connectivity index is 1.93. The van der Waals surface area contributed by atoms with Crippen LogP contribution in [0.3, 0.4) is 0 Å². The van der Waals surface area contributed by atoms with Crippen molar-refractivity contribution in [3.63, 3.8) is 0 Å². The summed E-state index contributed by atoms with van der Waals surface area (Å²) in [6.45, 7) is 1.64. The Morgan fingerprint density at radius 3 is 2.81 bits per heavy atom. The molecular weight excluding hydrogens is 204 g/mol. The van der Waals surface area contributed by atoms with Gasteiger partial charge in [-0.15, -0.1) is 0 Å². The summed E-state index contributed by atoms with van der Waals surface area (Å²) in [5, 5.41) is 5.95. The molecular formula is C11H16N4O. The van der Waals surface area contributed by atoms with Crippen LogP contribution in [0.25, 0.3) is 0 Å². The zero-order valence-corrected chi connectivity index (χ0v) is 9.23. The Kier molecular flexibility index (Phi) is 3.05. The Bertz CT molecular complexity index is 370. The SMILES string of the molecule is CC(N)C(=O)Nc1ccc(NC2CC2)cn1. The Morgan fingerprint density at radius 1 is 1.56 bits per heavy atom. The maximum atomic E-state index is 11.3. The number of nitrogens with two attached hydrogens (primary N) is 1. The number of hydrogen-bond acceptors (Lipinski definition) is 4. The second-order valence-corrected chi connectivity index (χ2v) is 4.13. The van der Waals surface area contributed by atoms with E-state index >= 15 is 0 Å². The summed E-state index contributed by atoms with van der Waals surface area (Å²) in [6.07, 6.45) is 4.17. The number of nitrogens with one attached hydrogen (secondary N) is 2. The lowest BCUT2D eigenvalue weighted by Crippen LogP contribution is -2.32. The first-order valence-electron chi connectivity index (χ1n) is 5.44. The Labute approximate surface area is 94.4 Å². The predicted molar refractivity (Wildman–Crippen MR) is 63.2 cm³/mol. The van der Waals surface area contributed by atoms with Crippen molar-refractivity contribution in [1.29, 1.82) is 0 Å². The molecule has 1 aromatic heterocycles. The highest BCUT2D eigenvalue weighted by atomic mass is 16.2. The molecule has 0 aliphatic heterocycles. The molecule has 1 amide bonds. The van der Waals surface area contributed by atoms with Gasteiger partial charge in [0.15, 0.2) is 0 Å². The van der Waals surface area contributed by atoms with E-state index in [9.17, 15) is 4.79 Å². The predicted octanol–water partition coefficient (Wildman–Crippen LogP) is 0.942. The molecule has 1 atom stereocenters. The fourth-order valence-corrected chi connectivity index (χ4v) is 1.26. The number of nitrogens with zero attached hydrogens (tertiary/aromatic N) is 1. The van der Waals surface area contributed by atoms with Gasteiger partial charge in [-0.3, -0.25) is 4.79 Å². The van der Waals surface area contributed by atoms with Gasteiger partial charge in [0.25, 0.3) is 0 Å². The lowest BCUT2D eigenvalue weighted by atomic mass is 10.3. The van der Waals surface area contributed by atoms with Crippen molar-refractivity contribution in [3.8, 4) is 0 Å². The summed E-state index contributed by atoms with van der Waals surface area (Å²) in [7, 11) is 0. The van der Waals surface area contributed by atoms with Crippen LogP contribution >= 0.6 is 0 Å². The fourth-order valence-electron chi connectivity index (χ4n) is 1.26. The number of pyridine rings is 1. The third-order valence-corrected chi connectivity index (χ3v) is 2.38. The molecule has 1 saturated carbocycles. The van der Waals surface area contributed by atoms with Crippen LogP contribution in [-0.4, -0.2) is 23.0 Å². The molecule has 0 bridgehead atoms. The summed E-state index contributed by atoms with van der Waals surface area (Å²) in [5.74, 6) is 0.305. The quantitative estimate of drug-likeness (QED) is 0.705. The smallest absolute Gasteiger partial charge is 0.242 e. The van der Waals surface area contributed by atoms with Crippen LogP contribution in [0.2, 0.25) is 0 Å². The largest absolute Gasteiger partial charge is 0.381 e. The number of amides is 1. The van der Waals surface area contributed by atoms with Crippen molar-refractivity contribution in [2.24, 2.45) is 5.73 Å². The third-order valence-electron chi connectivity index (χ3n) is 2.38. The van der Waals surface area contributed by atoms with Gasteiger partial charge in [0, 0.05) is 6.04 Å². The maximum Gasteiger partial charge on any atom is 0.242 e. The summed E-state index contributed by atoms with van der Waals surface area (Å²) in [5.41, 5.74) is 6.42. The average Bonchev–Trinajstić information content (AvgIpc) is 3.04. The Hall–Kier alpha value is -1.62. The van der Waals surface area contributed by atoms with Crippen LogP contribution in [0, 0.1) is 0 Å². The van der Waals surface area contributed by atoms with Gasteiger partial charge < -0.3 is 16.4 Å². The summed E-state index contributed by atoms with van der Waals surface area (Å²) in [6, 6.07) is 3.75. The fraction of sp³-hybridized carbons (Fsp3) is 0.455. The molecule has 1 heterocycles. The van der Waals surface area contributed by atoms with Gasteiger partial charge in [0.2, 0.25) is 5.91 Å². The monoisotopic (exact) mass is 220 g/mol. The second kappa shape index (κ2) is 4.49. The van der Waals surface area contributed by atoms with Crippen molar-refractivity contribution in [1.82, 2.24) is 4.98 Å². The highest BCUT2D eigenvalue weighted by Crippen LogP contribution is 2.24. The first-order valence-corrected chi connectivity index (χ1v) is 5.44. The maximum absolute atomic E-state index is 11.3. The molecule has 1 fully saturated rings. The van der Waals surface area contributed by atoms with Crippen molar-refractivity contribution in [2.75, 3.05) is 10.6 Å². The summed E-state index contributed by atoms with van der Waals surface area (Å²) in [4.78, 5) is 15.4. The van der Waals surface area contributed by atoms with Crippen LogP contribution in [0.4, 0.5) is 11.5 Å². The molecule has 4 N–H and O–H groups in total. The van der Waals surface area contributed by atoms with Crippen LogP contribution in [0.15, 0.2) is 18.3 Å². The molecule has 0 saturated heterocycles. The molecule has 1 aromatic rings. The van der Waals surface area contributed by atoms with E-state index in [1.54, 1.807) is 19.2 Å². The van der Waals surface area contributed by atoms with Gasteiger partial charge >= 0.3 is 0 Å². The molecule has 1 unspecified atom stereocenters. The van der Waals surface area contributed by atoms with E-state index in [0.717, 1.165) is 5.69 Å². The average molecular weight is 220 g/mol. The van der Waals surface area contributed by atoms with E-state index in [1.165, 1.54) is 12.8 Å². The minimum Gasteiger partial charge on any atom is -0.381 e. The molecule has 2 rings (SSSR count). The van der Waals surface area contributed by atoms with E-state index in [0.29, 0.717) is 11.9 Å². The lowest BCUT2D eigenvalue weighted by Gasteiger charge is -2.08. The first kappa shape index (κ1) is 10.9. The highest BCUT2D eigenvalue weighted by Gasteiger charge is 2.20. The van der Waals surface area contributed by atoms with Gasteiger partial charge in [0.05, 0.1) is 17.9 Å². The number of aromatic nitrogens is 1. The van der Waals surface area contributed by atoms with E-state index in [1.807, 2.05) is 6.07 Å². The first-order chi connectivity index (χ1) is 7.65. The van der Waals surface area contributed by atoms with Gasteiger partial charge in [-0.25, -0.2) is 4.98 Å². The van der Waals surface area contributed by atoms with E-state index in [4.69, 9.17) is 5.73 Å². The van der Waals surface area contributed by atoms with Crippen LogP contribution in [-0.2, 0) is 4.79 Å². The minimum atomic E-state index is -0.522. The lowest BCUT2D eigenvalue weighted by molar-refractivity contribution is -0.117. The molecule has 16 heavy (non-hydrogen) atoms. The third kappa shape index (κ3) is 2.93. The summed E-state index contributed by atoms with van der Waals surface area (Å²) >= 11 is 0. The van der Waals surface area contributed by atoms with Crippen LogP contribution in [0.1, 0.15) is 19.8 Å². The highest BCUT2D eigenvalue weighted by molar-refractivity contribution is 5.93. The number of hydrogen-bond donors (Lipinski definition) is 3. The zero-order chi connectivity index (χ0) is 11.5.